The lowest BCUT2D eigenvalue weighted by molar-refractivity contribution is -0.228. The predicted octanol–water partition coefficient (Wildman–Crippen LogP) is 6.29. The van der Waals surface area contributed by atoms with Gasteiger partial charge in [-0.2, -0.15) is 18.4 Å². The minimum atomic E-state index is -4.26. The van der Waals surface area contributed by atoms with Gasteiger partial charge < -0.3 is 20.5 Å². The van der Waals surface area contributed by atoms with E-state index in [1.54, 1.807) is 6.07 Å². The zero-order valence-corrected chi connectivity index (χ0v) is 29.2. The second-order valence-corrected chi connectivity index (χ2v) is 15.6. The first kappa shape index (κ1) is 33.8. The van der Waals surface area contributed by atoms with Crippen molar-refractivity contribution in [3.8, 4) is 6.07 Å². The lowest BCUT2D eigenvalue weighted by Crippen LogP contribution is -2.82. The van der Waals surface area contributed by atoms with Gasteiger partial charge in [-0.25, -0.2) is 9.97 Å². The summed E-state index contributed by atoms with van der Waals surface area (Å²) < 4.78 is 41.1. The van der Waals surface area contributed by atoms with Crippen molar-refractivity contribution >= 4 is 44.2 Å². The fraction of sp³-hybridized carbons (Fsp3) is 0.556. The second-order valence-electron chi connectivity index (χ2n) is 14.5. The Labute approximate surface area is 288 Å². The van der Waals surface area contributed by atoms with E-state index in [1.807, 2.05) is 20.0 Å². The summed E-state index contributed by atoms with van der Waals surface area (Å²) >= 11 is 1.07. The van der Waals surface area contributed by atoms with Gasteiger partial charge in [-0.05, 0) is 86.7 Å². The number of benzene rings is 1. The van der Waals surface area contributed by atoms with Crippen molar-refractivity contribution in [1.82, 2.24) is 30.1 Å². The number of nitriles is 1. The molecule has 4 aliphatic rings. The first-order valence-electron chi connectivity index (χ1n) is 17.2. The number of halogens is 3. The molecule has 4 aromatic rings. The van der Waals surface area contributed by atoms with Crippen LogP contribution in [0.25, 0.3) is 21.1 Å². The molecular weight excluding hydrogens is 650 g/mol. The van der Waals surface area contributed by atoms with E-state index in [2.05, 4.69) is 67.4 Å². The third kappa shape index (κ3) is 6.06. The molecule has 1 amide bonds. The Balaban J connectivity index is 0.987. The molecule has 1 aliphatic heterocycles. The SMILES string of the molecule is CC[C@@H](NC)C(=O)NC12CC(Cn3c(C#N)cc4c(C)c(CN5CCC(Nc6ncnc7sc(CC(F)(F)F)cc67)CC5)ccc43)(C1)[C@@H]2C. The third-order valence-corrected chi connectivity index (χ3v) is 12.7. The number of anilines is 1. The van der Waals surface area contributed by atoms with E-state index in [1.165, 1.54) is 17.5 Å². The quantitative estimate of drug-likeness (QED) is 0.170. The molecule has 2 bridgehead atoms. The highest BCUT2D eigenvalue weighted by Gasteiger charge is 2.74. The van der Waals surface area contributed by atoms with E-state index in [0.717, 1.165) is 80.5 Å². The average molecular weight is 693 g/mol. The molecule has 1 aromatic carbocycles. The number of amides is 1. The van der Waals surface area contributed by atoms with Crippen molar-refractivity contribution < 1.29 is 18.0 Å². The highest BCUT2D eigenvalue weighted by molar-refractivity contribution is 7.18. The van der Waals surface area contributed by atoms with E-state index in [-0.39, 0.29) is 33.8 Å². The maximum Gasteiger partial charge on any atom is 0.393 e. The molecule has 260 valence electrons. The van der Waals surface area contributed by atoms with Crippen LogP contribution in [0.1, 0.15) is 67.6 Å². The topological polar surface area (TPSA) is 111 Å². The Morgan fingerprint density at radius 3 is 2.59 bits per heavy atom. The van der Waals surface area contributed by atoms with Gasteiger partial charge in [-0.15, -0.1) is 11.3 Å². The molecule has 1 saturated heterocycles. The van der Waals surface area contributed by atoms with Crippen LogP contribution in [0.15, 0.2) is 30.6 Å². The number of aromatic nitrogens is 3. The number of hydrogen-bond donors (Lipinski definition) is 3. The number of likely N-dealkylation sites (N-methyl/N-ethyl adjacent to an activating group) is 1. The molecule has 2 atom stereocenters. The molecule has 4 heterocycles. The summed E-state index contributed by atoms with van der Waals surface area (Å²) in [6.45, 7) is 9.72. The maximum absolute atomic E-state index is 13.0. The van der Waals surface area contributed by atoms with E-state index < -0.39 is 12.6 Å². The zero-order chi connectivity index (χ0) is 34.7. The number of rotatable bonds is 11. The first-order chi connectivity index (χ1) is 23.4. The van der Waals surface area contributed by atoms with Crippen LogP contribution in [-0.2, 0) is 24.3 Å². The minimum absolute atomic E-state index is 0.0739. The summed E-state index contributed by atoms with van der Waals surface area (Å²) in [6.07, 6.45) is 0.592. The fourth-order valence-corrected chi connectivity index (χ4v) is 9.71. The molecule has 3 aromatic heterocycles. The molecule has 3 N–H and O–H groups in total. The molecule has 3 saturated carbocycles. The Bertz CT molecular complexity index is 1930. The van der Waals surface area contributed by atoms with Crippen molar-refractivity contribution in [2.75, 3.05) is 25.5 Å². The molecule has 0 spiro atoms. The van der Waals surface area contributed by atoms with Gasteiger partial charge in [0.1, 0.15) is 28.7 Å². The summed E-state index contributed by atoms with van der Waals surface area (Å²) in [4.78, 5) is 24.6. The van der Waals surface area contributed by atoms with Crippen LogP contribution in [0.5, 0.6) is 0 Å². The number of carbonyl (C=O) groups excluding carboxylic acids is 1. The molecule has 49 heavy (non-hydrogen) atoms. The van der Waals surface area contributed by atoms with Crippen LogP contribution in [0.2, 0.25) is 0 Å². The lowest BCUT2D eigenvalue weighted by atomic mass is 9.33. The van der Waals surface area contributed by atoms with Crippen LogP contribution in [0.3, 0.4) is 0 Å². The van der Waals surface area contributed by atoms with E-state index >= 15 is 0 Å². The fourth-order valence-electron chi connectivity index (χ4n) is 8.68. The number of fused-ring (bicyclic) bond motifs is 2. The maximum atomic E-state index is 13.0. The van der Waals surface area contributed by atoms with Gasteiger partial charge in [0, 0.05) is 53.5 Å². The van der Waals surface area contributed by atoms with Crippen molar-refractivity contribution in [3.05, 3.63) is 52.3 Å². The Kier molecular flexibility index (Phi) is 8.64. The Hall–Kier alpha value is -3.73. The largest absolute Gasteiger partial charge is 0.393 e. The number of nitrogens with one attached hydrogen (secondary N) is 3. The van der Waals surface area contributed by atoms with Gasteiger partial charge in [0.05, 0.1) is 17.8 Å². The molecule has 8 rings (SSSR count). The number of carbonyl (C=O) groups is 1. The Morgan fingerprint density at radius 2 is 1.94 bits per heavy atom. The summed E-state index contributed by atoms with van der Waals surface area (Å²) in [6, 6.07) is 10.4. The number of thiophene rings is 1. The molecular formula is C36H43F3N8OS. The van der Waals surface area contributed by atoms with Gasteiger partial charge >= 0.3 is 6.18 Å². The molecule has 9 nitrogen and oxygen atoms in total. The molecule has 0 unspecified atom stereocenters. The van der Waals surface area contributed by atoms with Crippen LogP contribution >= 0.6 is 11.3 Å². The number of likely N-dealkylation sites (tertiary alicyclic amines) is 1. The van der Waals surface area contributed by atoms with Crippen molar-refractivity contribution in [3.63, 3.8) is 0 Å². The first-order valence-corrected chi connectivity index (χ1v) is 18.0. The van der Waals surface area contributed by atoms with Gasteiger partial charge in [0.15, 0.2) is 0 Å². The number of alkyl halides is 3. The van der Waals surface area contributed by atoms with Gasteiger partial charge in [0.2, 0.25) is 5.91 Å². The standard InChI is InChI=1S/C36H43F3N8OS/c1-5-29(41-4)32(48)45-35-17-34(18-35,22(35)3)19-47-25(15-40)12-27-21(2)23(6-7-30(27)47)16-46-10-8-24(9-11-46)44-31-28-13-26(14-36(37,38)39)49-33(28)43-20-42-31/h6-7,12-13,20,22,24,29,41H,5,8-11,14,16-19H2,1-4H3,(H,45,48)(H,42,43,44)/t22-,29+,34?,35?/m0/s1. The average Bonchev–Trinajstić information content (AvgIpc) is 3.63. The highest BCUT2D eigenvalue weighted by atomic mass is 32.1. The van der Waals surface area contributed by atoms with Crippen molar-refractivity contribution in [1.29, 1.82) is 5.26 Å². The van der Waals surface area contributed by atoms with Crippen LogP contribution in [-0.4, -0.2) is 69.3 Å². The molecule has 3 aliphatic carbocycles. The summed E-state index contributed by atoms with van der Waals surface area (Å²) in [5.74, 6) is 1.02. The number of nitrogens with zero attached hydrogens (tertiary/aromatic N) is 5. The Morgan fingerprint density at radius 1 is 1.18 bits per heavy atom. The molecule has 4 fully saturated rings. The highest BCUT2D eigenvalue weighted by Crippen LogP contribution is 2.72. The zero-order valence-electron chi connectivity index (χ0n) is 28.4. The monoisotopic (exact) mass is 692 g/mol. The van der Waals surface area contributed by atoms with E-state index in [4.69, 9.17) is 0 Å². The van der Waals surface area contributed by atoms with E-state index in [9.17, 15) is 23.2 Å². The van der Waals surface area contributed by atoms with Gasteiger partial charge in [0.25, 0.3) is 0 Å². The number of piperidine rings is 1. The lowest BCUT2D eigenvalue weighted by Gasteiger charge is -2.76. The van der Waals surface area contributed by atoms with Crippen molar-refractivity contribution in [2.24, 2.45) is 11.3 Å². The van der Waals surface area contributed by atoms with Crippen LogP contribution in [0.4, 0.5) is 19.0 Å². The smallest absolute Gasteiger partial charge is 0.367 e. The van der Waals surface area contributed by atoms with E-state index in [0.29, 0.717) is 27.6 Å². The summed E-state index contributed by atoms with van der Waals surface area (Å²) in [7, 11) is 1.82. The van der Waals surface area contributed by atoms with Crippen molar-refractivity contribution in [2.45, 2.75) is 96.2 Å². The summed E-state index contributed by atoms with van der Waals surface area (Å²) in [5.41, 5.74) is 4.14. The van der Waals surface area contributed by atoms with Crippen LogP contribution < -0.4 is 16.0 Å². The minimum Gasteiger partial charge on any atom is -0.367 e. The number of aryl methyl sites for hydroxylation is 1. The predicted molar refractivity (Wildman–Crippen MR) is 185 cm³/mol. The normalized spacial score (nSPS) is 24.7. The third-order valence-electron chi connectivity index (χ3n) is 11.7. The molecule has 0 radical (unpaired) electrons. The van der Waals surface area contributed by atoms with Gasteiger partial charge in [-0.1, -0.05) is 19.9 Å². The summed E-state index contributed by atoms with van der Waals surface area (Å²) in [5, 5.41) is 21.8. The number of hydrogen-bond acceptors (Lipinski definition) is 8. The molecule has 13 heteroatoms. The van der Waals surface area contributed by atoms with Gasteiger partial charge in [-0.3, -0.25) is 9.69 Å². The second kappa shape index (κ2) is 12.5. The van der Waals surface area contributed by atoms with Crippen LogP contribution in [0, 0.1) is 29.6 Å².